The number of likely N-dealkylation sites (N-methyl/N-ethyl adjacent to an activating group) is 1. The predicted molar refractivity (Wildman–Crippen MR) is 61.9 cm³/mol. The lowest BCUT2D eigenvalue weighted by Crippen LogP contribution is -2.41. The van der Waals surface area contributed by atoms with Gasteiger partial charge >= 0.3 is 0 Å². The van der Waals surface area contributed by atoms with Gasteiger partial charge in [-0.05, 0) is 26.3 Å². The standard InChI is InChI=1S/C12H24N2O/c1-14(11-5-3-2-4-6-11)9-10-7-12(15)8-13-10/h10-13,15H,2-9H2,1H3. The van der Waals surface area contributed by atoms with Gasteiger partial charge in [-0.25, -0.2) is 0 Å². The van der Waals surface area contributed by atoms with Crippen LogP contribution in [0, 0.1) is 0 Å². The highest BCUT2D eigenvalue weighted by Gasteiger charge is 2.25. The molecule has 2 unspecified atom stereocenters. The molecule has 2 fully saturated rings. The van der Waals surface area contributed by atoms with Gasteiger partial charge in [-0.2, -0.15) is 0 Å². The van der Waals surface area contributed by atoms with E-state index in [0.717, 1.165) is 25.6 Å². The molecular formula is C12H24N2O. The molecule has 15 heavy (non-hydrogen) atoms. The fraction of sp³-hybridized carbons (Fsp3) is 1.00. The van der Waals surface area contributed by atoms with Gasteiger partial charge in [0.2, 0.25) is 0 Å². The summed E-state index contributed by atoms with van der Waals surface area (Å²) in [4.78, 5) is 2.49. The highest BCUT2D eigenvalue weighted by molar-refractivity contribution is 4.85. The van der Waals surface area contributed by atoms with E-state index in [2.05, 4.69) is 17.3 Å². The van der Waals surface area contributed by atoms with Gasteiger partial charge in [0.05, 0.1) is 6.10 Å². The summed E-state index contributed by atoms with van der Waals surface area (Å²) in [7, 11) is 2.24. The fourth-order valence-electron chi connectivity index (χ4n) is 2.96. The van der Waals surface area contributed by atoms with Crippen LogP contribution in [0.5, 0.6) is 0 Å². The third-order valence-electron chi connectivity index (χ3n) is 3.91. The quantitative estimate of drug-likeness (QED) is 0.732. The van der Waals surface area contributed by atoms with Crippen molar-refractivity contribution in [2.45, 2.75) is 56.7 Å². The molecule has 2 rings (SSSR count). The number of hydrogen-bond acceptors (Lipinski definition) is 3. The van der Waals surface area contributed by atoms with Gasteiger partial charge in [0.15, 0.2) is 0 Å². The van der Waals surface area contributed by atoms with Crippen LogP contribution >= 0.6 is 0 Å². The van der Waals surface area contributed by atoms with Crippen molar-refractivity contribution >= 4 is 0 Å². The average molecular weight is 212 g/mol. The minimum atomic E-state index is -0.116. The minimum Gasteiger partial charge on any atom is -0.392 e. The fourth-order valence-corrected chi connectivity index (χ4v) is 2.96. The molecule has 1 saturated heterocycles. The molecule has 3 heteroatoms. The number of rotatable bonds is 3. The highest BCUT2D eigenvalue weighted by Crippen LogP contribution is 2.22. The third kappa shape index (κ3) is 3.16. The Morgan fingerprint density at radius 1 is 1.27 bits per heavy atom. The third-order valence-corrected chi connectivity index (χ3v) is 3.91. The lowest BCUT2D eigenvalue weighted by Gasteiger charge is -2.32. The number of hydrogen-bond donors (Lipinski definition) is 2. The molecule has 0 radical (unpaired) electrons. The molecule has 2 aliphatic rings. The second-order valence-corrected chi connectivity index (χ2v) is 5.23. The Hall–Kier alpha value is -0.120. The summed E-state index contributed by atoms with van der Waals surface area (Å²) in [5, 5.41) is 12.8. The lowest BCUT2D eigenvalue weighted by molar-refractivity contribution is 0.166. The topological polar surface area (TPSA) is 35.5 Å². The van der Waals surface area contributed by atoms with Crippen LogP contribution in [0.3, 0.4) is 0 Å². The molecule has 0 amide bonds. The van der Waals surface area contributed by atoms with E-state index in [0.29, 0.717) is 6.04 Å². The van der Waals surface area contributed by atoms with Crippen LogP contribution in [-0.2, 0) is 0 Å². The first-order chi connectivity index (χ1) is 7.25. The Morgan fingerprint density at radius 2 is 2.00 bits per heavy atom. The zero-order valence-electron chi connectivity index (χ0n) is 9.78. The van der Waals surface area contributed by atoms with E-state index >= 15 is 0 Å². The Kier molecular flexibility index (Phi) is 4.00. The Balaban J connectivity index is 1.73. The molecule has 0 aromatic rings. The van der Waals surface area contributed by atoms with Gasteiger partial charge in [0.25, 0.3) is 0 Å². The van der Waals surface area contributed by atoms with Crippen LogP contribution in [0.4, 0.5) is 0 Å². The second-order valence-electron chi connectivity index (χ2n) is 5.23. The van der Waals surface area contributed by atoms with Gasteiger partial charge in [0, 0.05) is 25.2 Å². The molecule has 0 spiro atoms. The van der Waals surface area contributed by atoms with Crippen molar-refractivity contribution in [2.24, 2.45) is 0 Å². The number of aliphatic hydroxyl groups excluding tert-OH is 1. The van der Waals surface area contributed by atoms with Crippen molar-refractivity contribution in [1.82, 2.24) is 10.2 Å². The molecule has 1 aliphatic heterocycles. The van der Waals surface area contributed by atoms with Gasteiger partial charge < -0.3 is 15.3 Å². The normalized spacial score (nSPS) is 33.8. The molecule has 88 valence electrons. The van der Waals surface area contributed by atoms with Crippen LogP contribution < -0.4 is 5.32 Å². The molecule has 1 heterocycles. The molecule has 1 aliphatic carbocycles. The second kappa shape index (κ2) is 5.28. The molecule has 0 aromatic carbocycles. The van der Waals surface area contributed by atoms with E-state index in [-0.39, 0.29) is 6.10 Å². The number of aliphatic hydroxyl groups is 1. The number of β-amino-alcohol motifs (C(OH)–C–C–N with tert-alkyl or cyclic N) is 1. The zero-order valence-corrected chi connectivity index (χ0v) is 9.78. The summed E-state index contributed by atoms with van der Waals surface area (Å²) < 4.78 is 0. The summed E-state index contributed by atoms with van der Waals surface area (Å²) in [6.45, 7) is 1.88. The molecule has 0 bridgehead atoms. The SMILES string of the molecule is CN(CC1CC(O)CN1)C1CCCCC1. The molecule has 2 N–H and O–H groups in total. The summed E-state index contributed by atoms with van der Waals surface area (Å²) in [6, 6.07) is 1.30. The molecule has 1 saturated carbocycles. The first-order valence-electron chi connectivity index (χ1n) is 6.37. The molecule has 3 nitrogen and oxygen atoms in total. The molecule has 2 atom stereocenters. The minimum absolute atomic E-state index is 0.116. The first-order valence-corrected chi connectivity index (χ1v) is 6.37. The van der Waals surface area contributed by atoms with Crippen LogP contribution in [0.25, 0.3) is 0 Å². The first kappa shape index (κ1) is 11.4. The van der Waals surface area contributed by atoms with E-state index in [1.54, 1.807) is 0 Å². The van der Waals surface area contributed by atoms with Crippen LogP contribution in [0.15, 0.2) is 0 Å². The van der Waals surface area contributed by atoms with Gasteiger partial charge in [-0.15, -0.1) is 0 Å². The Morgan fingerprint density at radius 3 is 2.60 bits per heavy atom. The van der Waals surface area contributed by atoms with Crippen molar-refractivity contribution < 1.29 is 5.11 Å². The van der Waals surface area contributed by atoms with Crippen LogP contribution in [-0.4, -0.2) is 48.3 Å². The van der Waals surface area contributed by atoms with Crippen molar-refractivity contribution in [2.75, 3.05) is 20.1 Å². The summed E-state index contributed by atoms with van der Waals surface area (Å²) in [5.74, 6) is 0. The smallest absolute Gasteiger partial charge is 0.0680 e. The van der Waals surface area contributed by atoms with Crippen molar-refractivity contribution in [1.29, 1.82) is 0 Å². The Bertz CT molecular complexity index is 192. The van der Waals surface area contributed by atoms with E-state index in [9.17, 15) is 5.11 Å². The number of nitrogens with one attached hydrogen (secondary N) is 1. The molecule has 0 aromatic heterocycles. The van der Waals surface area contributed by atoms with Crippen LogP contribution in [0.1, 0.15) is 38.5 Å². The van der Waals surface area contributed by atoms with E-state index in [1.165, 1.54) is 32.1 Å². The Labute approximate surface area is 92.8 Å². The van der Waals surface area contributed by atoms with Gasteiger partial charge in [0.1, 0.15) is 0 Å². The maximum atomic E-state index is 9.44. The van der Waals surface area contributed by atoms with Crippen molar-refractivity contribution in [3.63, 3.8) is 0 Å². The lowest BCUT2D eigenvalue weighted by atomic mass is 9.94. The van der Waals surface area contributed by atoms with E-state index in [1.807, 2.05) is 0 Å². The zero-order chi connectivity index (χ0) is 10.7. The largest absolute Gasteiger partial charge is 0.392 e. The van der Waals surface area contributed by atoms with E-state index < -0.39 is 0 Å². The van der Waals surface area contributed by atoms with Crippen molar-refractivity contribution in [3.8, 4) is 0 Å². The molecular weight excluding hydrogens is 188 g/mol. The summed E-state index contributed by atoms with van der Waals surface area (Å²) in [6.07, 6.45) is 7.76. The maximum absolute atomic E-state index is 9.44. The summed E-state index contributed by atoms with van der Waals surface area (Å²) in [5.41, 5.74) is 0. The van der Waals surface area contributed by atoms with Gasteiger partial charge in [-0.3, -0.25) is 0 Å². The summed E-state index contributed by atoms with van der Waals surface area (Å²) >= 11 is 0. The van der Waals surface area contributed by atoms with Crippen molar-refractivity contribution in [3.05, 3.63) is 0 Å². The van der Waals surface area contributed by atoms with Gasteiger partial charge in [-0.1, -0.05) is 19.3 Å². The monoisotopic (exact) mass is 212 g/mol. The maximum Gasteiger partial charge on any atom is 0.0680 e. The van der Waals surface area contributed by atoms with E-state index in [4.69, 9.17) is 0 Å². The highest BCUT2D eigenvalue weighted by atomic mass is 16.3. The predicted octanol–water partition coefficient (Wildman–Crippen LogP) is 0.974. The van der Waals surface area contributed by atoms with Crippen LogP contribution in [0.2, 0.25) is 0 Å². The number of nitrogens with zero attached hydrogens (tertiary/aromatic N) is 1. The average Bonchev–Trinajstić information content (AvgIpc) is 2.65.